The smallest absolute Gasteiger partial charge is 0.306 e. The molecule has 0 aliphatic heterocycles. The van der Waals surface area contributed by atoms with Gasteiger partial charge in [0.25, 0.3) is 0 Å². The molecule has 0 aromatic carbocycles. The van der Waals surface area contributed by atoms with Gasteiger partial charge >= 0.3 is 6.18 Å². The van der Waals surface area contributed by atoms with Crippen molar-refractivity contribution in [1.82, 2.24) is 9.38 Å². The van der Waals surface area contributed by atoms with E-state index in [1.165, 1.54) is 12.1 Å². The Labute approximate surface area is 144 Å². The van der Waals surface area contributed by atoms with Gasteiger partial charge in [0.15, 0.2) is 0 Å². The zero-order valence-corrected chi connectivity index (χ0v) is 14.0. The number of rotatable bonds is 4. The first-order chi connectivity index (χ1) is 11.8. The fourth-order valence-corrected chi connectivity index (χ4v) is 3.47. The SMILES string of the molecule is C=C(/C=C(\c1ccc2nc(C=N)cn2c1C)C(F)(F)F)C1CCCC1. The van der Waals surface area contributed by atoms with Crippen molar-refractivity contribution in [3.05, 3.63) is 53.5 Å². The number of hydrogen-bond acceptors (Lipinski definition) is 2. The number of nitrogens with one attached hydrogen (secondary N) is 1. The molecule has 0 saturated heterocycles. The molecular weight excluding hydrogens is 327 g/mol. The van der Waals surface area contributed by atoms with Crippen molar-refractivity contribution in [3.8, 4) is 0 Å². The first-order valence-electron chi connectivity index (χ1n) is 8.28. The van der Waals surface area contributed by atoms with Crippen LogP contribution >= 0.6 is 0 Å². The van der Waals surface area contributed by atoms with E-state index in [1.54, 1.807) is 23.6 Å². The van der Waals surface area contributed by atoms with Gasteiger partial charge in [-0.25, -0.2) is 4.98 Å². The average molecular weight is 347 g/mol. The number of pyridine rings is 1. The van der Waals surface area contributed by atoms with Crippen LogP contribution in [0.1, 0.15) is 42.6 Å². The molecule has 0 amide bonds. The predicted octanol–water partition coefficient (Wildman–Crippen LogP) is 5.33. The number of allylic oxidation sites excluding steroid dienone is 3. The van der Waals surface area contributed by atoms with Crippen LogP contribution in [0.5, 0.6) is 0 Å². The summed E-state index contributed by atoms with van der Waals surface area (Å²) in [4.78, 5) is 4.18. The van der Waals surface area contributed by atoms with Crippen LogP contribution in [0.15, 0.2) is 36.6 Å². The monoisotopic (exact) mass is 347 g/mol. The summed E-state index contributed by atoms with van der Waals surface area (Å²) in [5.74, 6) is 0.138. The molecule has 1 saturated carbocycles. The Morgan fingerprint density at radius 1 is 1.32 bits per heavy atom. The van der Waals surface area contributed by atoms with Crippen molar-refractivity contribution in [1.29, 1.82) is 5.41 Å². The summed E-state index contributed by atoms with van der Waals surface area (Å²) in [6.07, 6.45) is 3.29. The van der Waals surface area contributed by atoms with E-state index in [0.29, 0.717) is 22.6 Å². The van der Waals surface area contributed by atoms with E-state index in [-0.39, 0.29) is 11.5 Å². The second-order valence-corrected chi connectivity index (χ2v) is 6.48. The Bertz CT molecular complexity index is 853. The number of hydrogen-bond donors (Lipinski definition) is 1. The minimum Gasteiger partial charge on any atom is -0.306 e. The molecule has 2 aromatic rings. The van der Waals surface area contributed by atoms with Crippen LogP contribution in [0.4, 0.5) is 13.2 Å². The second kappa shape index (κ2) is 6.50. The van der Waals surface area contributed by atoms with Gasteiger partial charge in [0.05, 0.1) is 11.3 Å². The molecule has 0 spiro atoms. The van der Waals surface area contributed by atoms with Crippen molar-refractivity contribution in [2.75, 3.05) is 0 Å². The molecule has 0 bridgehead atoms. The molecule has 1 aliphatic carbocycles. The molecule has 0 radical (unpaired) electrons. The highest BCUT2D eigenvalue weighted by molar-refractivity contribution is 5.77. The molecule has 1 aliphatic rings. The van der Waals surface area contributed by atoms with E-state index in [0.717, 1.165) is 31.9 Å². The number of halogens is 3. The van der Waals surface area contributed by atoms with Crippen molar-refractivity contribution in [3.63, 3.8) is 0 Å². The zero-order chi connectivity index (χ0) is 18.2. The number of imidazole rings is 1. The van der Waals surface area contributed by atoms with Crippen molar-refractivity contribution in [2.45, 2.75) is 38.8 Å². The van der Waals surface area contributed by atoms with E-state index in [4.69, 9.17) is 5.41 Å². The number of aryl methyl sites for hydroxylation is 1. The summed E-state index contributed by atoms with van der Waals surface area (Å²) in [5.41, 5.74) is 1.38. The Hall–Kier alpha value is -2.37. The lowest BCUT2D eigenvalue weighted by Crippen LogP contribution is -2.14. The quantitative estimate of drug-likeness (QED) is 0.589. The van der Waals surface area contributed by atoms with Gasteiger partial charge in [-0.15, -0.1) is 0 Å². The van der Waals surface area contributed by atoms with Crippen LogP contribution in [0.3, 0.4) is 0 Å². The first-order valence-corrected chi connectivity index (χ1v) is 8.28. The summed E-state index contributed by atoms with van der Waals surface area (Å²) in [7, 11) is 0. The Balaban J connectivity index is 2.10. The van der Waals surface area contributed by atoms with Gasteiger partial charge in [-0.2, -0.15) is 13.2 Å². The predicted molar refractivity (Wildman–Crippen MR) is 92.9 cm³/mol. The standard InChI is InChI=1S/C19H20F3N3/c1-12(14-5-3-4-6-14)9-17(19(20,21)22)16-7-8-18-24-15(10-23)11-25(18)13(16)2/h7-11,14,23H,1,3-6H2,2H3/b17-9+,23-10?. The minimum absolute atomic E-state index is 0.119. The third kappa shape index (κ3) is 3.38. The maximum Gasteiger partial charge on any atom is 0.417 e. The Kier molecular flexibility index (Phi) is 4.54. The second-order valence-electron chi connectivity index (χ2n) is 6.48. The molecule has 2 heterocycles. The highest BCUT2D eigenvalue weighted by Gasteiger charge is 2.36. The lowest BCUT2D eigenvalue weighted by molar-refractivity contribution is -0.0690. The molecular formula is C19H20F3N3. The van der Waals surface area contributed by atoms with E-state index in [1.807, 2.05) is 0 Å². The topological polar surface area (TPSA) is 41.2 Å². The molecule has 132 valence electrons. The minimum atomic E-state index is -4.47. The van der Waals surface area contributed by atoms with Gasteiger partial charge in [0.2, 0.25) is 0 Å². The van der Waals surface area contributed by atoms with Crippen molar-refractivity contribution < 1.29 is 13.2 Å². The summed E-state index contributed by atoms with van der Waals surface area (Å²) in [6.45, 7) is 5.53. The van der Waals surface area contributed by atoms with Crippen molar-refractivity contribution >= 4 is 17.4 Å². The highest BCUT2D eigenvalue weighted by atomic mass is 19.4. The maximum absolute atomic E-state index is 13.7. The lowest BCUT2D eigenvalue weighted by atomic mass is 9.94. The van der Waals surface area contributed by atoms with Gasteiger partial charge in [-0.3, -0.25) is 0 Å². The molecule has 0 atom stereocenters. The van der Waals surface area contributed by atoms with Crippen LogP contribution in [-0.2, 0) is 0 Å². The van der Waals surface area contributed by atoms with Crippen LogP contribution in [-0.4, -0.2) is 21.8 Å². The third-order valence-corrected chi connectivity index (χ3v) is 4.85. The van der Waals surface area contributed by atoms with Gasteiger partial charge < -0.3 is 9.81 Å². The van der Waals surface area contributed by atoms with E-state index >= 15 is 0 Å². The van der Waals surface area contributed by atoms with E-state index in [2.05, 4.69) is 11.6 Å². The van der Waals surface area contributed by atoms with Crippen LogP contribution in [0.2, 0.25) is 0 Å². The Morgan fingerprint density at radius 3 is 2.60 bits per heavy atom. The molecule has 2 aromatic heterocycles. The van der Waals surface area contributed by atoms with Crippen LogP contribution in [0, 0.1) is 18.3 Å². The fraction of sp³-hybridized carbons (Fsp3) is 0.368. The normalized spacial score (nSPS) is 16.6. The van der Waals surface area contributed by atoms with Gasteiger partial charge in [0, 0.05) is 23.7 Å². The van der Waals surface area contributed by atoms with Gasteiger partial charge in [0.1, 0.15) is 5.65 Å². The maximum atomic E-state index is 13.7. The first kappa shape index (κ1) is 17.5. The van der Waals surface area contributed by atoms with Gasteiger partial charge in [-0.1, -0.05) is 25.0 Å². The number of nitrogens with zero attached hydrogens (tertiary/aromatic N) is 2. The third-order valence-electron chi connectivity index (χ3n) is 4.85. The molecule has 1 fully saturated rings. The average Bonchev–Trinajstić information content (AvgIpc) is 3.22. The largest absolute Gasteiger partial charge is 0.417 e. The molecule has 3 nitrogen and oxygen atoms in total. The molecule has 6 heteroatoms. The summed E-state index contributed by atoms with van der Waals surface area (Å²) < 4.78 is 42.8. The van der Waals surface area contributed by atoms with Crippen LogP contribution < -0.4 is 0 Å². The van der Waals surface area contributed by atoms with Crippen molar-refractivity contribution in [2.24, 2.45) is 5.92 Å². The summed E-state index contributed by atoms with van der Waals surface area (Å²) in [5, 5.41) is 7.27. The zero-order valence-electron chi connectivity index (χ0n) is 14.0. The lowest BCUT2D eigenvalue weighted by Gasteiger charge is -2.18. The van der Waals surface area contributed by atoms with E-state index < -0.39 is 11.7 Å². The summed E-state index contributed by atoms with van der Waals surface area (Å²) >= 11 is 0. The Morgan fingerprint density at radius 2 is 2.00 bits per heavy atom. The molecule has 3 rings (SSSR count). The fourth-order valence-electron chi connectivity index (χ4n) is 3.47. The van der Waals surface area contributed by atoms with Crippen LogP contribution in [0.25, 0.3) is 11.2 Å². The molecule has 25 heavy (non-hydrogen) atoms. The number of alkyl halides is 3. The number of aromatic nitrogens is 2. The molecule has 0 unspecified atom stereocenters. The molecule has 1 N–H and O–H groups in total. The summed E-state index contributed by atoms with van der Waals surface area (Å²) in [6, 6.07) is 3.00. The van der Waals surface area contributed by atoms with E-state index in [9.17, 15) is 13.2 Å². The highest BCUT2D eigenvalue weighted by Crippen LogP contribution is 2.39. The van der Waals surface area contributed by atoms with Gasteiger partial charge in [-0.05, 0) is 43.9 Å². The number of fused-ring (bicyclic) bond motifs is 1.